The third kappa shape index (κ3) is 4.71. The average Bonchev–Trinajstić information content (AvgIpc) is 2.42. The Morgan fingerprint density at radius 2 is 1.95 bits per heavy atom. The standard InChI is InChI=1S/C17H29NOS/c1-7-14(5)20-11-15(18-8-2)17-13(4)9-12(3)10-16(17)19-6/h9-10,14-15,18H,7-8,11H2,1-6H3. The van der Waals surface area contributed by atoms with Crippen molar-refractivity contribution in [3.8, 4) is 5.75 Å². The molecule has 0 spiro atoms. The first-order valence-electron chi connectivity index (χ1n) is 7.53. The lowest BCUT2D eigenvalue weighted by Crippen LogP contribution is -2.25. The minimum absolute atomic E-state index is 0.356. The Labute approximate surface area is 128 Å². The summed E-state index contributed by atoms with van der Waals surface area (Å²) in [6.45, 7) is 12.0. The topological polar surface area (TPSA) is 21.3 Å². The molecule has 0 aromatic heterocycles. The fraction of sp³-hybridized carbons (Fsp3) is 0.647. The third-order valence-electron chi connectivity index (χ3n) is 3.63. The molecule has 2 unspecified atom stereocenters. The van der Waals surface area contributed by atoms with Crippen molar-refractivity contribution in [3.63, 3.8) is 0 Å². The number of hydrogen-bond acceptors (Lipinski definition) is 3. The van der Waals surface area contributed by atoms with E-state index in [1.54, 1.807) is 7.11 Å². The van der Waals surface area contributed by atoms with Crippen LogP contribution in [0.3, 0.4) is 0 Å². The van der Waals surface area contributed by atoms with E-state index in [4.69, 9.17) is 4.74 Å². The van der Waals surface area contributed by atoms with Gasteiger partial charge in [0.05, 0.1) is 7.11 Å². The highest BCUT2D eigenvalue weighted by atomic mass is 32.2. The van der Waals surface area contributed by atoms with Gasteiger partial charge in [-0.2, -0.15) is 11.8 Å². The molecule has 0 aliphatic heterocycles. The Kier molecular flexibility index (Phi) is 7.46. The molecule has 20 heavy (non-hydrogen) atoms. The Morgan fingerprint density at radius 3 is 2.50 bits per heavy atom. The van der Waals surface area contributed by atoms with Gasteiger partial charge < -0.3 is 10.1 Å². The van der Waals surface area contributed by atoms with Crippen molar-refractivity contribution in [3.05, 3.63) is 28.8 Å². The lowest BCUT2D eigenvalue weighted by atomic mass is 9.98. The smallest absolute Gasteiger partial charge is 0.124 e. The molecule has 3 heteroatoms. The zero-order chi connectivity index (χ0) is 15.1. The summed E-state index contributed by atoms with van der Waals surface area (Å²) < 4.78 is 5.62. The number of nitrogens with one attached hydrogen (secondary N) is 1. The highest BCUT2D eigenvalue weighted by molar-refractivity contribution is 7.99. The minimum Gasteiger partial charge on any atom is -0.496 e. The number of aryl methyl sites for hydroxylation is 2. The van der Waals surface area contributed by atoms with Crippen LogP contribution in [-0.2, 0) is 0 Å². The van der Waals surface area contributed by atoms with Crippen LogP contribution < -0.4 is 10.1 Å². The predicted molar refractivity (Wildman–Crippen MR) is 91.1 cm³/mol. The van der Waals surface area contributed by atoms with Crippen LogP contribution >= 0.6 is 11.8 Å². The number of thioether (sulfide) groups is 1. The molecule has 0 heterocycles. The summed E-state index contributed by atoms with van der Waals surface area (Å²) >= 11 is 2.03. The molecule has 114 valence electrons. The summed E-state index contributed by atoms with van der Waals surface area (Å²) in [7, 11) is 1.77. The number of rotatable bonds is 8. The fourth-order valence-electron chi connectivity index (χ4n) is 2.42. The SMILES string of the molecule is CCNC(CSC(C)CC)c1c(C)cc(C)cc1OC. The Morgan fingerprint density at radius 1 is 1.25 bits per heavy atom. The van der Waals surface area contributed by atoms with E-state index in [1.165, 1.54) is 23.1 Å². The van der Waals surface area contributed by atoms with Gasteiger partial charge >= 0.3 is 0 Å². The van der Waals surface area contributed by atoms with Crippen molar-refractivity contribution in [2.45, 2.75) is 52.3 Å². The predicted octanol–water partition coefficient (Wildman–Crippen LogP) is 4.49. The van der Waals surface area contributed by atoms with E-state index >= 15 is 0 Å². The largest absolute Gasteiger partial charge is 0.496 e. The molecule has 1 aromatic carbocycles. The monoisotopic (exact) mass is 295 g/mol. The summed E-state index contributed by atoms with van der Waals surface area (Å²) in [5, 5.41) is 4.31. The number of benzene rings is 1. The van der Waals surface area contributed by atoms with Crippen molar-refractivity contribution in [1.29, 1.82) is 0 Å². The molecule has 1 rings (SSSR count). The van der Waals surface area contributed by atoms with Gasteiger partial charge in [-0.15, -0.1) is 0 Å². The van der Waals surface area contributed by atoms with Gasteiger partial charge in [-0.1, -0.05) is 26.8 Å². The van der Waals surface area contributed by atoms with Crippen LogP contribution in [0.1, 0.15) is 49.9 Å². The number of ether oxygens (including phenoxy) is 1. The summed E-state index contributed by atoms with van der Waals surface area (Å²) in [6, 6.07) is 4.74. The van der Waals surface area contributed by atoms with Crippen LogP contribution in [0.15, 0.2) is 12.1 Å². The quantitative estimate of drug-likeness (QED) is 0.763. The Bertz CT molecular complexity index is 420. The Balaban J connectivity index is 3.01. The first-order chi connectivity index (χ1) is 9.53. The van der Waals surface area contributed by atoms with Gasteiger partial charge in [0.1, 0.15) is 5.75 Å². The normalized spacial score (nSPS) is 14.1. The molecule has 0 saturated heterocycles. The molecule has 0 aliphatic carbocycles. The molecular formula is C17H29NOS. The lowest BCUT2D eigenvalue weighted by molar-refractivity contribution is 0.402. The van der Waals surface area contributed by atoms with Crippen LogP contribution in [0, 0.1) is 13.8 Å². The van der Waals surface area contributed by atoms with Crippen LogP contribution in [0.2, 0.25) is 0 Å². The molecule has 1 aromatic rings. The maximum absolute atomic E-state index is 5.62. The van der Waals surface area contributed by atoms with E-state index in [-0.39, 0.29) is 0 Å². The van der Waals surface area contributed by atoms with Gasteiger partial charge in [-0.05, 0) is 44.0 Å². The van der Waals surface area contributed by atoms with E-state index in [0.29, 0.717) is 11.3 Å². The fourth-order valence-corrected chi connectivity index (χ4v) is 3.47. The summed E-state index contributed by atoms with van der Waals surface area (Å²) in [5.74, 6) is 2.10. The van der Waals surface area contributed by atoms with Crippen molar-refractivity contribution >= 4 is 11.8 Å². The van der Waals surface area contributed by atoms with Crippen LogP contribution in [-0.4, -0.2) is 24.7 Å². The number of methoxy groups -OCH3 is 1. The molecule has 2 atom stereocenters. The van der Waals surface area contributed by atoms with Gasteiger partial charge in [0.25, 0.3) is 0 Å². The van der Waals surface area contributed by atoms with Crippen LogP contribution in [0.4, 0.5) is 0 Å². The van der Waals surface area contributed by atoms with Crippen molar-refractivity contribution in [2.24, 2.45) is 0 Å². The van der Waals surface area contributed by atoms with Crippen molar-refractivity contribution in [2.75, 3.05) is 19.4 Å². The molecule has 0 aliphatic rings. The van der Waals surface area contributed by atoms with Gasteiger partial charge in [0, 0.05) is 22.6 Å². The van der Waals surface area contributed by atoms with E-state index in [1.807, 2.05) is 11.8 Å². The molecule has 0 amide bonds. The van der Waals surface area contributed by atoms with E-state index < -0.39 is 0 Å². The second-order valence-electron chi connectivity index (χ2n) is 5.36. The first kappa shape index (κ1) is 17.4. The van der Waals surface area contributed by atoms with Gasteiger partial charge in [0.15, 0.2) is 0 Å². The minimum atomic E-state index is 0.356. The van der Waals surface area contributed by atoms with E-state index in [2.05, 4.69) is 52.1 Å². The average molecular weight is 295 g/mol. The second-order valence-corrected chi connectivity index (χ2v) is 6.83. The van der Waals surface area contributed by atoms with Crippen LogP contribution in [0.25, 0.3) is 0 Å². The van der Waals surface area contributed by atoms with Crippen molar-refractivity contribution in [1.82, 2.24) is 5.32 Å². The highest BCUT2D eigenvalue weighted by Gasteiger charge is 2.19. The summed E-state index contributed by atoms with van der Waals surface area (Å²) in [4.78, 5) is 0. The second kappa shape index (κ2) is 8.58. The molecule has 0 radical (unpaired) electrons. The van der Waals surface area contributed by atoms with Gasteiger partial charge in [0.2, 0.25) is 0 Å². The molecule has 1 N–H and O–H groups in total. The van der Waals surface area contributed by atoms with Crippen molar-refractivity contribution < 1.29 is 4.74 Å². The molecule has 0 saturated carbocycles. The van der Waals surface area contributed by atoms with Gasteiger partial charge in [-0.3, -0.25) is 0 Å². The molecular weight excluding hydrogens is 266 g/mol. The maximum Gasteiger partial charge on any atom is 0.124 e. The van der Waals surface area contributed by atoms with Crippen LogP contribution in [0.5, 0.6) is 5.75 Å². The summed E-state index contributed by atoms with van der Waals surface area (Å²) in [5.41, 5.74) is 3.89. The zero-order valence-corrected chi connectivity index (χ0v) is 14.6. The lowest BCUT2D eigenvalue weighted by Gasteiger charge is -2.24. The highest BCUT2D eigenvalue weighted by Crippen LogP contribution is 2.33. The molecule has 0 bridgehead atoms. The number of hydrogen-bond donors (Lipinski definition) is 1. The first-order valence-corrected chi connectivity index (χ1v) is 8.58. The molecule has 2 nitrogen and oxygen atoms in total. The maximum atomic E-state index is 5.62. The Hall–Kier alpha value is -0.670. The van der Waals surface area contributed by atoms with Gasteiger partial charge in [-0.25, -0.2) is 0 Å². The summed E-state index contributed by atoms with van der Waals surface area (Å²) in [6.07, 6.45) is 1.22. The zero-order valence-electron chi connectivity index (χ0n) is 13.7. The molecule has 0 fully saturated rings. The van der Waals surface area contributed by atoms with E-state index in [0.717, 1.165) is 18.0 Å². The van der Waals surface area contributed by atoms with E-state index in [9.17, 15) is 0 Å². The third-order valence-corrected chi connectivity index (χ3v) is 5.06.